The van der Waals surface area contributed by atoms with Gasteiger partial charge in [0.2, 0.25) is 11.9 Å². The van der Waals surface area contributed by atoms with Crippen molar-refractivity contribution in [3.63, 3.8) is 0 Å². The Morgan fingerprint density at radius 3 is 1.90 bits per heavy atom. The van der Waals surface area contributed by atoms with Crippen LogP contribution in [0.25, 0.3) is 22.6 Å². The number of ether oxygens (including phenoxy) is 1. The molecule has 0 unspecified atom stereocenters. The van der Waals surface area contributed by atoms with Crippen LogP contribution in [0.1, 0.15) is 36.8 Å². The van der Waals surface area contributed by atoms with Gasteiger partial charge < -0.3 is 9.84 Å². The molecule has 3 heterocycles. The normalized spacial score (nSPS) is 17.0. The first-order valence-electron chi connectivity index (χ1n) is 16.5. The Balaban J connectivity index is 1.46. The first-order chi connectivity index (χ1) is 23.9. The summed E-state index contributed by atoms with van der Waals surface area (Å²) >= 11 is 0. The largest absolute Gasteiger partial charge is 0.394 e. The third kappa shape index (κ3) is 5.95. The van der Waals surface area contributed by atoms with E-state index in [4.69, 9.17) is 14.7 Å². The average molecular weight is 655 g/mol. The zero-order valence-electron chi connectivity index (χ0n) is 27.4. The minimum Gasteiger partial charge on any atom is -0.394 e. The molecule has 1 fully saturated rings. The van der Waals surface area contributed by atoms with Gasteiger partial charge in [0.1, 0.15) is 5.82 Å². The highest BCUT2D eigenvalue weighted by molar-refractivity contribution is 5.91. The maximum absolute atomic E-state index is 13.5. The molecule has 2 aromatic heterocycles. The van der Waals surface area contributed by atoms with Gasteiger partial charge in [0.25, 0.3) is 5.56 Å². The Hall–Kier alpha value is -5.42. The molecule has 0 aliphatic carbocycles. The van der Waals surface area contributed by atoms with Gasteiger partial charge >= 0.3 is 0 Å². The molecule has 7 rings (SSSR count). The number of fused-ring (bicyclic) bond motifs is 1. The number of anilines is 1. The number of rotatable bonds is 9. The van der Waals surface area contributed by atoms with Crippen molar-refractivity contribution in [2.24, 2.45) is 5.92 Å². The van der Waals surface area contributed by atoms with E-state index in [0.717, 1.165) is 22.3 Å². The van der Waals surface area contributed by atoms with Crippen LogP contribution in [0.4, 0.5) is 5.95 Å². The van der Waals surface area contributed by atoms with Crippen LogP contribution in [0, 0.1) is 5.92 Å². The van der Waals surface area contributed by atoms with Crippen LogP contribution < -0.4 is 10.9 Å². The van der Waals surface area contributed by atoms with Crippen molar-refractivity contribution < 1.29 is 14.6 Å². The number of carbonyl (C=O) groups is 1. The van der Waals surface area contributed by atoms with E-state index in [-0.39, 0.29) is 35.5 Å². The molecule has 0 spiro atoms. The molecule has 0 saturated carbocycles. The summed E-state index contributed by atoms with van der Waals surface area (Å²) < 4.78 is 8.50. The topological polar surface area (TPSA) is 125 Å². The second-order valence-corrected chi connectivity index (χ2v) is 12.5. The number of aliphatic hydroxyl groups excluding tert-OH is 1. The molecule has 2 atom stereocenters. The number of amides is 1. The molecule has 3 N–H and O–H groups in total. The van der Waals surface area contributed by atoms with Crippen LogP contribution in [0.5, 0.6) is 0 Å². The lowest BCUT2D eigenvalue weighted by molar-refractivity contribution is -0.147. The van der Waals surface area contributed by atoms with Gasteiger partial charge in [-0.15, -0.1) is 0 Å². The monoisotopic (exact) mass is 654 g/mol. The van der Waals surface area contributed by atoms with Crippen molar-refractivity contribution in [2.75, 3.05) is 25.0 Å². The van der Waals surface area contributed by atoms with E-state index in [1.165, 1.54) is 0 Å². The zero-order valence-corrected chi connectivity index (χ0v) is 27.4. The fraction of sp³-hybridized carbons (Fsp3) is 0.231. The average Bonchev–Trinajstić information content (AvgIpc) is 3.54. The van der Waals surface area contributed by atoms with Crippen LogP contribution in [-0.2, 0) is 15.1 Å². The van der Waals surface area contributed by atoms with Gasteiger partial charge in [0.05, 0.1) is 18.2 Å². The molecule has 1 saturated heterocycles. The second kappa shape index (κ2) is 13.6. The number of nitrogens with one attached hydrogen (secondary N) is 2. The van der Waals surface area contributed by atoms with Crippen molar-refractivity contribution in [2.45, 2.75) is 31.7 Å². The fourth-order valence-corrected chi connectivity index (χ4v) is 6.79. The number of morpholine rings is 1. The maximum Gasteiger partial charge on any atom is 0.280 e. The SMILES string of the molecule is CC(C)C(=O)Nc1nc2c(nc(-c3ccccc3)n2[C@H]2CN(C(c3ccccc3)(c3ccccc3)c3ccccc3)C[C@@H](CO)O2)c(=O)[nH]1. The standard InChI is InChI=1S/C39H38N6O4/c1-26(2)36(47)42-38-41-35-33(37(48)43-38)40-34(27-15-7-3-8-16-27)45(35)32-24-44(23-31(25-46)49-32)39(28-17-9-4-10-18-28,29-19-11-5-12-20-29)30-21-13-6-14-22-30/h3-22,26,31-32,46H,23-25H2,1-2H3,(H2,41,42,43,47,48)/t31-,32+/m0/s1. The van der Waals surface area contributed by atoms with E-state index in [1.807, 2.05) is 89.5 Å². The highest BCUT2D eigenvalue weighted by Crippen LogP contribution is 2.45. The lowest BCUT2D eigenvalue weighted by Crippen LogP contribution is -2.57. The van der Waals surface area contributed by atoms with Gasteiger partial charge in [-0.1, -0.05) is 135 Å². The number of hydrogen-bond donors (Lipinski definition) is 3. The highest BCUT2D eigenvalue weighted by Gasteiger charge is 2.47. The molecule has 1 amide bonds. The Kier molecular flexibility index (Phi) is 8.92. The molecule has 248 valence electrons. The van der Waals surface area contributed by atoms with E-state index in [9.17, 15) is 14.7 Å². The molecule has 4 aromatic carbocycles. The molecule has 0 bridgehead atoms. The smallest absolute Gasteiger partial charge is 0.280 e. The quantitative estimate of drug-likeness (QED) is 0.174. The lowest BCUT2D eigenvalue weighted by atomic mass is 9.75. The van der Waals surface area contributed by atoms with E-state index in [1.54, 1.807) is 13.8 Å². The summed E-state index contributed by atoms with van der Waals surface area (Å²) in [7, 11) is 0. The van der Waals surface area contributed by atoms with E-state index >= 15 is 0 Å². The Morgan fingerprint density at radius 1 is 0.857 bits per heavy atom. The first kappa shape index (κ1) is 32.1. The summed E-state index contributed by atoms with van der Waals surface area (Å²) in [5, 5.41) is 13.5. The second-order valence-electron chi connectivity index (χ2n) is 12.5. The van der Waals surface area contributed by atoms with E-state index in [2.05, 4.69) is 51.6 Å². The molecule has 10 nitrogen and oxygen atoms in total. The predicted molar refractivity (Wildman–Crippen MR) is 189 cm³/mol. The molecule has 1 aliphatic rings. The molecule has 10 heteroatoms. The number of aromatic amines is 1. The van der Waals surface area contributed by atoms with Gasteiger partial charge in [-0.2, -0.15) is 4.98 Å². The lowest BCUT2D eigenvalue weighted by Gasteiger charge is -2.50. The van der Waals surface area contributed by atoms with Crippen molar-refractivity contribution >= 4 is 23.0 Å². The highest BCUT2D eigenvalue weighted by atomic mass is 16.5. The number of carbonyl (C=O) groups excluding carboxylic acids is 1. The molecule has 6 aromatic rings. The third-order valence-corrected chi connectivity index (χ3v) is 9.04. The van der Waals surface area contributed by atoms with Crippen molar-refractivity contribution in [1.29, 1.82) is 0 Å². The Labute approximate surface area is 284 Å². The predicted octanol–water partition coefficient (Wildman–Crippen LogP) is 5.56. The summed E-state index contributed by atoms with van der Waals surface area (Å²) in [5.74, 6) is -0.103. The number of aromatic nitrogens is 4. The van der Waals surface area contributed by atoms with Gasteiger partial charge in [-0.05, 0) is 16.7 Å². The fourth-order valence-electron chi connectivity index (χ4n) is 6.79. The Bertz CT molecular complexity index is 2000. The number of hydrogen-bond acceptors (Lipinski definition) is 7. The molecule has 1 aliphatic heterocycles. The summed E-state index contributed by atoms with van der Waals surface area (Å²) in [6.07, 6.45) is -1.35. The molecule has 49 heavy (non-hydrogen) atoms. The Morgan fingerprint density at radius 2 is 1.39 bits per heavy atom. The third-order valence-electron chi connectivity index (χ3n) is 9.04. The van der Waals surface area contributed by atoms with Crippen molar-refractivity contribution in [3.05, 3.63) is 148 Å². The minimum atomic E-state index is -0.788. The van der Waals surface area contributed by atoms with Gasteiger partial charge in [-0.3, -0.25) is 29.4 Å². The van der Waals surface area contributed by atoms with Crippen molar-refractivity contribution in [3.8, 4) is 11.4 Å². The van der Waals surface area contributed by atoms with Crippen LogP contribution in [0.2, 0.25) is 0 Å². The summed E-state index contributed by atoms with van der Waals surface area (Å²) in [6.45, 7) is 4.03. The summed E-state index contributed by atoms with van der Waals surface area (Å²) in [5.41, 5.74) is 3.01. The number of imidazole rings is 1. The summed E-state index contributed by atoms with van der Waals surface area (Å²) in [4.78, 5) is 40.8. The van der Waals surface area contributed by atoms with Gasteiger partial charge in [-0.25, -0.2) is 4.98 Å². The van der Waals surface area contributed by atoms with Crippen LogP contribution in [0.3, 0.4) is 0 Å². The number of benzene rings is 4. The molecular weight excluding hydrogens is 616 g/mol. The minimum absolute atomic E-state index is 0.0236. The van der Waals surface area contributed by atoms with E-state index in [0.29, 0.717) is 18.9 Å². The number of H-pyrrole nitrogens is 1. The van der Waals surface area contributed by atoms with Crippen LogP contribution in [-0.4, -0.2) is 61.2 Å². The van der Waals surface area contributed by atoms with Gasteiger partial charge in [0.15, 0.2) is 17.4 Å². The number of nitrogens with zero attached hydrogens (tertiary/aromatic N) is 4. The zero-order chi connectivity index (χ0) is 34.0. The first-order valence-corrected chi connectivity index (χ1v) is 16.5. The molecule has 0 radical (unpaired) electrons. The van der Waals surface area contributed by atoms with E-state index < -0.39 is 23.4 Å². The molecular formula is C39H38N6O4. The van der Waals surface area contributed by atoms with Crippen LogP contribution in [0.15, 0.2) is 126 Å². The summed E-state index contributed by atoms with van der Waals surface area (Å²) in [6, 6.07) is 40.6. The number of aliphatic hydroxyl groups is 1. The van der Waals surface area contributed by atoms with Gasteiger partial charge in [0, 0.05) is 24.6 Å². The van der Waals surface area contributed by atoms with Crippen molar-refractivity contribution in [1.82, 2.24) is 24.4 Å². The van der Waals surface area contributed by atoms with Crippen LogP contribution >= 0.6 is 0 Å². The maximum atomic E-state index is 13.5.